The van der Waals surface area contributed by atoms with Gasteiger partial charge in [-0.3, -0.25) is 0 Å². The van der Waals surface area contributed by atoms with Gasteiger partial charge in [0.1, 0.15) is 0 Å². The van der Waals surface area contributed by atoms with E-state index in [4.69, 9.17) is 0 Å². The molecule has 0 aliphatic carbocycles. The lowest BCUT2D eigenvalue weighted by atomic mass is 9.90. The molecule has 0 aliphatic rings. The molecular formula is C18H24BrNS. The van der Waals surface area contributed by atoms with Crippen molar-refractivity contribution >= 4 is 27.3 Å². The Morgan fingerprint density at radius 3 is 2.43 bits per heavy atom. The molecule has 0 radical (unpaired) electrons. The third-order valence-corrected chi connectivity index (χ3v) is 5.23. The molecule has 2 aromatic rings. The van der Waals surface area contributed by atoms with E-state index in [0.717, 1.165) is 13.0 Å². The van der Waals surface area contributed by atoms with Gasteiger partial charge in [0.2, 0.25) is 0 Å². The predicted octanol–water partition coefficient (Wildman–Crippen LogP) is 5.53. The van der Waals surface area contributed by atoms with Gasteiger partial charge in [-0.1, -0.05) is 24.3 Å². The van der Waals surface area contributed by atoms with Gasteiger partial charge in [-0.05, 0) is 73.3 Å². The minimum atomic E-state index is 0.150. The summed E-state index contributed by atoms with van der Waals surface area (Å²) in [7, 11) is 0. The van der Waals surface area contributed by atoms with Crippen LogP contribution < -0.4 is 5.32 Å². The number of rotatable bonds is 5. The molecule has 1 N–H and O–H groups in total. The number of aryl methyl sites for hydroxylation is 1. The van der Waals surface area contributed by atoms with Crippen LogP contribution in [0.15, 0.2) is 40.2 Å². The van der Waals surface area contributed by atoms with Gasteiger partial charge in [-0.15, -0.1) is 11.3 Å². The molecule has 0 amide bonds. The lowest BCUT2D eigenvalue weighted by Crippen LogP contribution is -2.39. The summed E-state index contributed by atoms with van der Waals surface area (Å²) in [6.07, 6.45) is 1.09. The van der Waals surface area contributed by atoms with Gasteiger partial charge in [-0.2, -0.15) is 0 Å². The predicted molar refractivity (Wildman–Crippen MR) is 97.4 cm³/mol. The van der Waals surface area contributed by atoms with Crippen LogP contribution in [-0.4, -0.2) is 12.1 Å². The molecule has 21 heavy (non-hydrogen) atoms. The van der Waals surface area contributed by atoms with E-state index in [1.165, 1.54) is 19.8 Å². The Hall–Kier alpha value is -0.640. The number of hydrogen-bond acceptors (Lipinski definition) is 2. The number of halogens is 1. The van der Waals surface area contributed by atoms with Crippen LogP contribution in [0.1, 0.15) is 42.7 Å². The third kappa shape index (κ3) is 5.24. The molecule has 0 aliphatic heterocycles. The smallest absolute Gasteiger partial charge is 0.0701 e. The highest BCUT2D eigenvalue weighted by Crippen LogP contribution is 2.29. The van der Waals surface area contributed by atoms with Crippen LogP contribution in [0.5, 0.6) is 0 Å². The van der Waals surface area contributed by atoms with E-state index in [1.807, 2.05) is 11.3 Å². The van der Waals surface area contributed by atoms with Crippen molar-refractivity contribution in [3.63, 3.8) is 0 Å². The highest BCUT2D eigenvalue weighted by molar-refractivity contribution is 9.11. The van der Waals surface area contributed by atoms with Gasteiger partial charge in [0.15, 0.2) is 0 Å². The molecule has 3 heteroatoms. The molecule has 0 saturated carbocycles. The van der Waals surface area contributed by atoms with Crippen LogP contribution in [0, 0.1) is 6.92 Å². The monoisotopic (exact) mass is 365 g/mol. The molecule has 1 heterocycles. The Balaban J connectivity index is 2.19. The first-order valence-corrected chi connectivity index (χ1v) is 9.01. The van der Waals surface area contributed by atoms with E-state index in [-0.39, 0.29) is 5.54 Å². The van der Waals surface area contributed by atoms with Gasteiger partial charge in [0.25, 0.3) is 0 Å². The minimum absolute atomic E-state index is 0.150. The zero-order valence-corrected chi connectivity index (χ0v) is 15.6. The lowest BCUT2D eigenvalue weighted by molar-refractivity contribution is 0.405. The van der Waals surface area contributed by atoms with Crippen molar-refractivity contribution in [1.82, 2.24) is 5.32 Å². The summed E-state index contributed by atoms with van der Waals surface area (Å²) >= 11 is 5.41. The average molecular weight is 366 g/mol. The summed E-state index contributed by atoms with van der Waals surface area (Å²) in [5.41, 5.74) is 2.99. The molecule has 1 aromatic heterocycles. The maximum absolute atomic E-state index is 3.67. The van der Waals surface area contributed by atoms with Crippen molar-refractivity contribution in [1.29, 1.82) is 0 Å². The fourth-order valence-electron chi connectivity index (χ4n) is 2.47. The standard InChI is InChI=1S/C18H24BrNS/c1-13-7-5-6-8-16(13)14(12-20-18(2,3)4)11-15-9-10-17(19)21-15/h5-10,14,20H,11-12H2,1-4H3. The quantitative estimate of drug-likeness (QED) is 0.733. The third-order valence-electron chi connectivity index (χ3n) is 3.58. The van der Waals surface area contributed by atoms with Gasteiger partial charge < -0.3 is 5.32 Å². The van der Waals surface area contributed by atoms with E-state index in [0.29, 0.717) is 5.92 Å². The van der Waals surface area contributed by atoms with E-state index in [9.17, 15) is 0 Å². The second-order valence-electron chi connectivity index (χ2n) is 6.59. The Labute approximate surface area is 140 Å². The Bertz CT molecular complexity index is 583. The van der Waals surface area contributed by atoms with Crippen LogP contribution >= 0.6 is 27.3 Å². The first-order valence-electron chi connectivity index (χ1n) is 7.40. The molecule has 1 nitrogen and oxygen atoms in total. The summed E-state index contributed by atoms with van der Waals surface area (Å²) in [4.78, 5) is 1.44. The van der Waals surface area contributed by atoms with Crippen molar-refractivity contribution in [2.45, 2.75) is 45.6 Å². The summed E-state index contributed by atoms with van der Waals surface area (Å²) < 4.78 is 1.21. The molecule has 1 atom stereocenters. The topological polar surface area (TPSA) is 12.0 Å². The maximum atomic E-state index is 3.67. The molecule has 1 unspecified atom stereocenters. The molecule has 0 bridgehead atoms. The maximum Gasteiger partial charge on any atom is 0.0701 e. The fourth-order valence-corrected chi connectivity index (χ4v) is 4.03. The van der Waals surface area contributed by atoms with Gasteiger partial charge in [-0.25, -0.2) is 0 Å². The summed E-state index contributed by atoms with van der Waals surface area (Å²) in [6.45, 7) is 9.89. The van der Waals surface area contributed by atoms with E-state index in [1.54, 1.807) is 0 Å². The van der Waals surface area contributed by atoms with Crippen LogP contribution in [0.4, 0.5) is 0 Å². The largest absolute Gasteiger partial charge is 0.311 e. The van der Waals surface area contributed by atoms with Gasteiger partial charge in [0.05, 0.1) is 3.79 Å². The van der Waals surface area contributed by atoms with Crippen molar-refractivity contribution in [2.24, 2.45) is 0 Å². The Morgan fingerprint density at radius 2 is 1.86 bits per heavy atom. The van der Waals surface area contributed by atoms with Gasteiger partial charge >= 0.3 is 0 Å². The number of thiophene rings is 1. The Kier molecular flexibility index (Phi) is 5.64. The molecule has 0 fully saturated rings. The molecule has 1 aromatic carbocycles. The normalized spacial score (nSPS) is 13.4. The number of hydrogen-bond donors (Lipinski definition) is 1. The summed E-state index contributed by atoms with van der Waals surface area (Å²) in [5, 5.41) is 3.67. The zero-order valence-electron chi connectivity index (χ0n) is 13.2. The second-order valence-corrected chi connectivity index (χ2v) is 9.14. The van der Waals surface area contributed by atoms with Crippen molar-refractivity contribution in [2.75, 3.05) is 6.54 Å². The molecule has 114 valence electrons. The molecule has 0 saturated heterocycles. The van der Waals surface area contributed by atoms with Crippen LogP contribution in [-0.2, 0) is 6.42 Å². The molecule has 0 spiro atoms. The van der Waals surface area contributed by atoms with E-state index in [2.05, 4.69) is 85.3 Å². The molecule has 2 rings (SSSR count). The van der Waals surface area contributed by atoms with E-state index >= 15 is 0 Å². The van der Waals surface area contributed by atoms with Crippen molar-refractivity contribution in [3.8, 4) is 0 Å². The SMILES string of the molecule is Cc1ccccc1C(CNC(C)(C)C)Cc1ccc(Br)s1. The van der Waals surface area contributed by atoms with E-state index < -0.39 is 0 Å². The first-order chi connectivity index (χ1) is 9.85. The van der Waals surface area contributed by atoms with Crippen LogP contribution in [0.2, 0.25) is 0 Å². The number of nitrogens with one attached hydrogen (secondary N) is 1. The zero-order chi connectivity index (χ0) is 15.5. The number of benzene rings is 1. The average Bonchev–Trinajstić information content (AvgIpc) is 2.80. The lowest BCUT2D eigenvalue weighted by Gasteiger charge is -2.26. The van der Waals surface area contributed by atoms with Crippen molar-refractivity contribution < 1.29 is 0 Å². The highest BCUT2D eigenvalue weighted by Gasteiger charge is 2.18. The Morgan fingerprint density at radius 1 is 1.14 bits per heavy atom. The summed E-state index contributed by atoms with van der Waals surface area (Å²) in [6, 6.07) is 13.1. The molecular weight excluding hydrogens is 342 g/mol. The fraction of sp³-hybridized carbons (Fsp3) is 0.444. The van der Waals surface area contributed by atoms with Crippen molar-refractivity contribution in [3.05, 3.63) is 56.2 Å². The van der Waals surface area contributed by atoms with Crippen LogP contribution in [0.3, 0.4) is 0 Å². The highest BCUT2D eigenvalue weighted by atomic mass is 79.9. The van der Waals surface area contributed by atoms with Gasteiger partial charge in [0, 0.05) is 22.9 Å². The summed E-state index contributed by atoms with van der Waals surface area (Å²) in [5.74, 6) is 0.510. The minimum Gasteiger partial charge on any atom is -0.311 e. The second kappa shape index (κ2) is 7.08. The first kappa shape index (κ1) is 16.7. The van der Waals surface area contributed by atoms with Crippen LogP contribution in [0.25, 0.3) is 0 Å².